The zero-order valence-corrected chi connectivity index (χ0v) is 16.6. The smallest absolute Gasteiger partial charge is 0.250 e. The summed E-state index contributed by atoms with van der Waals surface area (Å²) >= 11 is 0. The third-order valence-corrected chi connectivity index (χ3v) is 5.71. The number of morpholine rings is 1. The highest BCUT2D eigenvalue weighted by molar-refractivity contribution is 5.81. The molecule has 4 rings (SSSR count). The Kier molecular flexibility index (Phi) is 5.64. The van der Waals surface area contributed by atoms with Crippen LogP contribution in [0.1, 0.15) is 22.3 Å². The molecule has 0 bridgehead atoms. The number of ether oxygens (including phenoxy) is 2. The van der Waals surface area contributed by atoms with Crippen LogP contribution in [0.15, 0.2) is 42.5 Å². The summed E-state index contributed by atoms with van der Waals surface area (Å²) in [5, 5.41) is 3.20. The summed E-state index contributed by atoms with van der Waals surface area (Å²) in [5.74, 6) is 0.911. The molecule has 148 valence electrons. The van der Waals surface area contributed by atoms with Gasteiger partial charge < -0.3 is 14.8 Å². The summed E-state index contributed by atoms with van der Waals surface area (Å²) < 4.78 is 11.1. The van der Waals surface area contributed by atoms with Crippen molar-refractivity contribution in [2.45, 2.75) is 38.5 Å². The Labute approximate surface area is 166 Å². The lowest BCUT2D eigenvalue weighted by Gasteiger charge is -2.32. The number of methoxy groups -OCH3 is 1. The minimum Gasteiger partial charge on any atom is -0.496 e. The first-order chi connectivity index (χ1) is 13.6. The Morgan fingerprint density at radius 2 is 1.96 bits per heavy atom. The van der Waals surface area contributed by atoms with Crippen LogP contribution in [0.5, 0.6) is 5.75 Å². The quantitative estimate of drug-likeness (QED) is 0.866. The molecule has 1 aliphatic heterocycles. The molecular formula is C23H28N2O3. The van der Waals surface area contributed by atoms with E-state index in [1.165, 1.54) is 16.7 Å². The predicted octanol–water partition coefficient (Wildman–Crippen LogP) is 2.49. The summed E-state index contributed by atoms with van der Waals surface area (Å²) in [6.07, 6.45) is 1.41. The number of amides is 1. The van der Waals surface area contributed by atoms with Crippen molar-refractivity contribution in [3.8, 4) is 5.75 Å². The normalized spacial score (nSPS) is 20.0. The first kappa shape index (κ1) is 19.0. The maximum absolute atomic E-state index is 12.8. The van der Waals surface area contributed by atoms with Crippen molar-refractivity contribution in [1.82, 2.24) is 10.2 Å². The maximum atomic E-state index is 12.8. The number of fused-ring (bicyclic) bond motifs is 1. The van der Waals surface area contributed by atoms with Gasteiger partial charge in [0.05, 0.1) is 13.7 Å². The van der Waals surface area contributed by atoms with Gasteiger partial charge in [0, 0.05) is 25.7 Å². The average Bonchev–Trinajstić information content (AvgIpc) is 3.10. The van der Waals surface area contributed by atoms with Gasteiger partial charge in [0.2, 0.25) is 0 Å². The largest absolute Gasteiger partial charge is 0.496 e. The molecule has 1 fully saturated rings. The van der Waals surface area contributed by atoms with Crippen LogP contribution in [0.3, 0.4) is 0 Å². The predicted molar refractivity (Wildman–Crippen MR) is 109 cm³/mol. The van der Waals surface area contributed by atoms with Crippen molar-refractivity contribution >= 4 is 5.91 Å². The summed E-state index contributed by atoms with van der Waals surface area (Å²) in [7, 11) is 1.69. The van der Waals surface area contributed by atoms with Gasteiger partial charge in [0.25, 0.3) is 5.91 Å². The first-order valence-electron chi connectivity index (χ1n) is 9.97. The number of benzene rings is 2. The van der Waals surface area contributed by atoms with Crippen LogP contribution in [0.2, 0.25) is 0 Å². The van der Waals surface area contributed by atoms with Gasteiger partial charge in [0.15, 0.2) is 0 Å². The fraction of sp³-hybridized carbons (Fsp3) is 0.435. The van der Waals surface area contributed by atoms with Crippen molar-refractivity contribution in [2.75, 3.05) is 26.8 Å². The molecule has 5 nitrogen and oxygen atoms in total. The van der Waals surface area contributed by atoms with E-state index >= 15 is 0 Å². The zero-order valence-electron chi connectivity index (χ0n) is 16.6. The second-order valence-electron chi connectivity index (χ2n) is 7.78. The highest BCUT2D eigenvalue weighted by Gasteiger charge is 2.30. The number of carbonyl (C=O) groups excluding carboxylic acids is 1. The van der Waals surface area contributed by atoms with Gasteiger partial charge in [-0.15, -0.1) is 0 Å². The molecule has 28 heavy (non-hydrogen) atoms. The molecule has 1 heterocycles. The van der Waals surface area contributed by atoms with Crippen LogP contribution < -0.4 is 10.1 Å². The molecule has 0 radical (unpaired) electrons. The minimum atomic E-state index is -0.406. The van der Waals surface area contributed by atoms with E-state index in [4.69, 9.17) is 9.47 Å². The van der Waals surface area contributed by atoms with Gasteiger partial charge in [-0.2, -0.15) is 0 Å². The van der Waals surface area contributed by atoms with Gasteiger partial charge in [0.1, 0.15) is 11.9 Å². The molecule has 1 aliphatic carbocycles. The molecule has 2 aromatic carbocycles. The number of rotatable bonds is 5. The lowest BCUT2D eigenvalue weighted by atomic mass is 10.1. The van der Waals surface area contributed by atoms with E-state index in [1.807, 2.05) is 6.07 Å². The number of carbonyl (C=O) groups is 1. The van der Waals surface area contributed by atoms with Crippen LogP contribution in [0.4, 0.5) is 0 Å². The fourth-order valence-corrected chi connectivity index (χ4v) is 4.26. The maximum Gasteiger partial charge on any atom is 0.250 e. The van der Waals surface area contributed by atoms with Crippen molar-refractivity contribution < 1.29 is 14.3 Å². The molecule has 0 saturated carbocycles. The Bertz CT molecular complexity index is 826. The van der Waals surface area contributed by atoms with E-state index in [0.29, 0.717) is 13.2 Å². The number of aryl methyl sites for hydroxylation is 1. The number of nitrogens with one attached hydrogen (secondary N) is 1. The average molecular weight is 380 g/mol. The van der Waals surface area contributed by atoms with E-state index in [0.717, 1.165) is 37.2 Å². The van der Waals surface area contributed by atoms with Gasteiger partial charge in [-0.3, -0.25) is 9.69 Å². The first-order valence-corrected chi connectivity index (χ1v) is 9.97. The van der Waals surface area contributed by atoms with Crippen molar-refractivity contribution in [2.24, 2.45) is 0 Å². The molecule has 1 atom stereocenters. The molecule has 0 unspecified atom stereocenters. The van der Waals surface area contributed by atoms with Crippen molar-refractivity contribution in [3.05, 3.63) is 64.7 Å². The van der Waals surface area contributed by atoms with Crippen LogP contribution in [0.25, 0.3) is 0 Å². The lowest BCUT2D eigenvalue weighted by molar-refractivity contribution is -0.139. The minimum absolute atomic E-state index is 0.00779. The monoisotopic (exact) mass is 380 g/mol. The standard InChI is InChI=1S/C23H28N2O3/c1-16-11-17(7-8-21(16)27-2)14-25-9-10-28-22(15-25)23(26)24-20-12-18-5-3-4-6-19(18)13-20/h3-8,11,20,22H,9-10,12-15H2,1-2H3,(H,24,26)/t22-/m1/s1. The molecule has 0 spiro atoms. The number of nitrogens with zero attached hydrogens (tertiary/aromatic N) is 1. The third-order valence-electron chi connectivity index (χ3n) is 5.71. The van der Waals surface area contributed by atoms with Gasteiger partial charge in [-0.1, -0.05) is 36.4 Å². The van der Waals surface area contributed by atoms with Crippen LogP contribution in [-0.4, -0.2) is 49.8 Å². The number of hydrogen-bond donors (Lipinski definition) is 1. The summed E-state index contributed by atoms with van der Waals surface area (Å²) in [4.78, 5) is 15.1. The summed E-state index contributed by atoms with van der Waals surface area (Å²) in [6.45, 7) is 4.91. The second kappa shape index (κ2) is 8.33. The SMILES string of the molecule is COc1ccc(CN2CCO[C@@H](C(=O)NC3Cc4ccccc4C3)C2)cc1C. The van der Waals surface area contributed by atoms with E-state index in [1.54, 1.807) is 7.11 Å². The molecule has 0 aromatic heterocycles. The topological polar surface area (TPSA) is 50.8 Å². The fourth-order valence-electron chi connectivity index (χ4n) is 4.26. The van der Waals surface area contributed by atoms with Gasteiger partial charge in [-0.25, -0.2) is 0 Å². The van der Waals surface area contributed by atoms with Crippen LogP contribution >= 0.6 is 0 Å². The molecule has 1 amide bonds. The molecule has 2 aromatic rings. The second-order valence-corrected chi connectivity index (χ2v) is 7.78. The van der Waals surface area contributed by atoms with E-state index in [2.05, 4.69) is 53.5 Å². The zero-order chi connectivity index (χ0) is 19.5. The van der Waals surface area contributed by atoms with Gasteiger partial charge in [-0.05, 0) is 48.1 Å². The van der Waals surface area contributed by atoms with E-state index in [-0.39, 0.29) is 11.9 Å². The summed E-state index contributed by atoms with van der Waals surface area (Å²) in [5.41, 5.74) is 5.04. The molecule has 5 heteroatoms. The Balaban J connectivity index is 1.32. The lowest BCUT2D eigenvalue weighted by Crippen LogP contribution is -2.51. The third kappa shape index (κ3) is 4.21. The summed E-state index contributed by atoms with van der Waals surface area (Å²) in [6, 6.07) is 14.8. The van der Waals surface area contributed by atoms with Crippen molar-refractivity contribution in [3.63, 3.8) is 0 Å². The molecular weight excluding hydrogens is 352 g/mol. The number of hydrogen-bond acceptors (Lipinski definition) is 4. The Morgan fingerprint density at radius 1 is 1.21 bits per heavy atom. The van der Waals surface area contributed by atoms with Crippen molar-refractivity contribution in [1.29, 1.82) is 0 Å². The highest BCUT2D eigenvalue weighted by atomic mass is 16.5. The Hall–Kier alpha value is -2.37. The van der Waals surface area contributed by atoms with E-state index in [9.17, 15) is 4.79 Å². The van der Waals surface area contributed by atoms with E-state index < -0.39 is 6.10 Å². The molecule has 1 saturated heterocycles. The highest BCUT2D eigenvalue weighted by Crippen LogP contribution is 2.23. The Morgan fingerprint density at radius 3 is 2.64 bits per heavy atom. The molecule has 1 N–H and O–H groups in total. The molecule has 2 aliphatic rings. The van der Waals surface area contributed by atoms with Gasteiger partial charge >= 0.3 is 0 Å². The van der Waals surface area contributed by atoms with Crippen LogP contribution in [0, 0.1) is 6.92 Å². The van der Waals surface area contributed by atoms with Crippen LogP contribution in [-0.2, 0) is 28.9 Å².